The molecule has 3 heterocycles. The number of ether oxygens (including phenoxy) is 1. The van der Waals surface area contributed by atoms with Gasteiger partial charge in [-0.05, 0) is 44.1 Å². The largest absolute Gasteiger partial charge is 0.455 e. The fourth-order valence-corrected chi connectivity index (χ4v) is 5.17. The van der Waals surface area contributed by atoms with Crippen molar-refractivity contribution in [3.63, 3.8) is 0 Å². The molecule has 1 N–H and O–H groups in total. The van der Waals surface area contributed by atoms with E-state index in [1.54, 1.807) is 29.7 Å². The van der Waals surface area contributed by atoms with E-state index in [1.807, 2.05) is 0 Å². The second kappa shape index (κ2) is 6.81. The third kappa shape index (κ3) is 2.90. The quantitative estimate of drug-likeness (QED) is 0.690. The first-order valence-corrected chi connectivity index (χ1v) is 10.0. The van der Waals surface area contributed by atoms with Crippen molar-refractivity contribution in [2.45, 2.75) is 39.2 Å². The molecule has 3 aromatic heterocycles. The monoisotopic (exact) mass is 390 g/mol. The van der Waals surface area contributed by atoms with Gasteiger partial charge in [0.05, 0.1) is 11.4 Å². The normalized spacial score (nSPS) is 13.6. The first kappa shape index (κ1) is 17.2. The van der Waals surface area contributed by atoms with Crippen LogP contribution in [-0.4, -0.2) is 26.8 Å². The van der Waals surface area contributed by atoms with Crippen LogP contribution in [-0.2, 0) is 24.2 Å². The van der Waals surface area contributed by atoms with Crippen LogP contribution in [0.25, 0.3) is 4.96 Å². The van der Waals surface area contributed by atoms with Gasteiger partial charge in [0.1, 0.15) is 17.2 Å². The summed E-state index contributed by atoms with van der Waals surface area (Å²) in [6, 6.07) is 1.46. The van der Waals surface area contributed by atoms with Crippen LogP contribution in [0, 0.1) is 6.92 Å². The molecule has 0 radical (unpaired) electrons. The summed E-state index contributed by atoms with van der Waals surface area (Å²) in [4.78, 5) is 31.4. The molecule has 7 nitrogen and oxygen atoms in total. The van der Waals surface area contributed by atoms with Crippen molar-refractivity contribution in [1.29, 1.82) is 0 Å². The van der Waals surface area contributed by atoms with Gasteiger partial charge >= 0.3 is 5.97 Å². The van der Waals surface area contributed by atoms with Crippen molar-refractivity contribution in [2.75, 3.05) is 12.4 Å². The first-order valence-electron chi connectivity index (χ1n) is 8.43. The van der Waals surface area contributed by atoms with Crippen molar-refractivity contribution in [3.05, 3.63) is 43.9 Å². The number of carbonyl (C=O) groups is 1. The lowest BCUT2D eigenvalue weighted by Crippen LogP contribution is -2.18. The number of esters is 1. The Labute approximate surface area is 157 Å². The summed E-state index contributed by atoms with van der Waals surface area (Å²) in [5.74, 6) is -0.465. The van der Waals surface area contributed by atoms with Crippen LogP contribution in [0.2, 0.25) is 0 Å². The molecule has 0 atom stereocenters. The number of anilines is 1. The minimum atomic E-state index is -0.465. The average molecular weight is 390 g/mol. The van der Waals surface area contributed by atoms with Gasteiger partial charge in [0.15, 0.2) is 4.96 Å². The third-order valence-corrected chi connectivity index (χ3v) is 6.56. The smallest absolute Gasteiger partial charge is 0.343 e. The van der Waals surface area contributed by atoms with Gasteiger partial charge in [0.2, 0.25) is 0 Å². The molecule has 26 heavy (non-hydrogen) atoms. The molecule has 9 heteroatoms. The summed E-state index contributed by atoms with van der Waals surface area (Å²) in [6.45, 7) is 1.73. The number of hydrogen-bond acceptors (Lipinski definition) is 8. The molecule has 0 aliphatic heterocycles. The Morgan fingerprint density at radius 1 is 1.38 bits per heavy atom. The minimum Gasteiger partial charge on any atom is -0.455 e. The zero-order chi connectivity index (χ0) is 18.3. The predicted molar refractivity (Wildman–Crippen MR) is 101 cm³/mol. The lowest BCUT2D eigenvalue weighted by molar-refractivity contribution is 0.0468. The summed E-state index contributed by atoms with van der Waals surface area (Å²) in [7, 11) is 1.73. The Bertz CT molecular complexity index is 1050. The van der Waals surface area contributed by atoms with Crippen LogP contribution < -0.4 is 10.9 Å². The van der Waals surface area contributed by atoms with Crippen molar-refractivity contribution < 1.29 is 9.53 Å². The van der Waals surface area contributed by atoms with Crippen LogP contribution in [0.4, 0.5) is 5.00 Å². The number of hydrogen-bond donors (Lipinski definition) is 1. The van der Waals surface area contributed by atoms with Gasteiger partial charge in [-0.25, -0.2) is 9.78 Å². The molecule has 0 bridgehead atoms. The first-order chi connectivity index (χ1) is 12.6. The van der Waals surface area contributed by atoms with Gasteiger partial charge < -0.3 is 10.1 Å². The summed E-state index contributed by atoms with van der Waals surface area (Å²) >= 11 is 2.78. The zero-order valence-electron chi connectivity index (χ0n) is 14.5. The minimum absolute atomic E-state index is 0.0361. The average Bonchev–Trinajstić information content (AvgIpc) is 3.19. The molecule has 0 fully saturated rings. The van der Waals surface area contributed by atoms with E-state index in [0.29, 0.717) is 26.9 Å². The summed E-state index contributed by atoms with van der Waals surface area (Å²) < 4.78 is 11.3. The second-order valence-electron chi connectivity index (χ2n) is 6.18. The van der Waals surface area contributed by atoms with Gasteiger partial charge in [0, 0.05) is 23.7 Å². The van der Waals surface area contributed by atoms with Crippen molar-refractivity contribution in [2.24, 2.45) is 0 Å². The van der Waals surface area contributed by atoms with Crippen LogP contribution in [0.3, 0.4) is 0 Å². The summed E-state index contributed by atoms with van der Waals surface area (Å²) in [5.41, 5.74) is 2.51. The molecular weight excluding hydrogens is 372 g/mol. The number of thiazole rings is 1. The fourth-order valence-electron chi connectivity index (χ4n) is 3.21. The Kier molecular flexibility index (Phi) is 4.49. The van der Waals surface area contributed by atoms with E-state index in [2.05, 4.69) is 14.7 Å². The second-order valence-corrected chi connectivity index (χ2v) is 8.02. The predicted octanol–water partition coefficient (Wildman–Crippen LogP) is 2.80. The van der Waals surface area contributed by atoms with E-state index in [4.69, 9.17) is 4.74 Å². The van der Waals surface area contributed by atoms with E-state index in [0.717, 1.165) is 31.4 Å². The Hall–Kier alpha value is -2.26. The molecule has 136 valence electrons. The molecule has 3 aromatic rings. The highest BCUT2D eigenvalue weighted by molar-refractivity contribution is 7.17. The topological polar surface area (TPSA) is 85.6 Å². The van der Waals surface area contributed by atoms with Gasteiger partial charge in [-0.3, -0.25) is 9.20 Å². The van der Waals surface area contributed by atoms with E-state index < -0.39 is 5.97 Å². The maximum absolute atomic E-state index is 12.5. The number of rotatable bonds is 4. The standard InChI is InChI=1S/C17H18N4O3S2/c1-9-14(15(18-2)26-20-9)16(23)24-8-10-7-13(22)21-11-5-3-4-6-12(11)25-17(21)19-10/h7,18H,3-6,8H2,1-2H3. The lowest BCUT2D eigenvalue weighted by atomic mass is 10.0. The Balaban J connectivity index is 1.59. The lowest BCUT2D eigenvalue weighted by Gasteiger charge is -2.10. The molecule has 1 aliphatic carbocycles. The number of carbonyl (C=O) groups excluding carboxylic acids is 1. The fraction of sp³-hybridized carbons (Fsp3) is 0.412. The van der Waals surface area contributed by atoms with Gasteiger partial charge in [0.25, 0.3) is 5.56 Å². The van der Waals surface area contributed by atoms with Crippen molar-refractivity contribution in [3.8, 4) is 0 Å². The highest BCUT2D eigenvalue weighted by Crippen LogP contribution is 2.28. The highest BCUT2D eigenvalue weighted by Gasteiger charge is 2.21. The van der Waals surface area contributed by atoms with Crippen molar-refractivity contribution in [1.82, 2.24) is 13.8 Å². The van der Waals surface area contributed by atoms with Gasteiger partial charge in [-0.2, -0.15) is 4.37 Å². The molecule has 4 rings (SSSR count). The SMILES string of the molecule is CNc1snc(C)c1C(=O)OCc1cc(=O)n2c3c(sc2n1)CCCC3. The van der Waals surface area contributed by atoms with Crippen LogP contribution in [0.5, 0.6) is 0 Å². The highest BCUT2D eigenvalue weighted by atomic mass is 32.1. The van der Waals surface area contributed by atoms with Crippen molar-refractivity contribution >= 4 is 38.8 Å². The number of aromatic nitrogens is 3. The van der Waals surface area contributed by atoms with E-state index in [-0.39, 0.29) is 12.2 Å². The number of aryl methyl sites for hydroxylation is 3. The van der Waals surface area contributed by atoms with Crippen LogP contribution >= 0.6 is 22.9 Å². The number of fused-ring (bicyclic) bond motifs is 3. The van der Waals surface area contributed by atoms with Crippen LogP contribution in [0.1, 0.15) is 45.2 Å². The molecular formula is C17H18N4O3S2. The summed E-state index contributed by atoms with van der Waals surface area (Å²) in [6.07, 6.45) is 4.18. The van der Waals surface area contributed by atoms with E-state index in [1.165, 1.54) is 22.5 Å². The molecule has 0 saturated carbocycles. The molecule has 0 saturated heterocycles. The maximum atomic E-state index is 12.5. The zero-order valence-corrected chi connectivity index (χ0v) is 16.1. The summed E-state index contributed by atoms with van der Waals surface area (Å²) in [5, 5.41) is 3.61. The van der Waals surface area contributed by atoms with E-state index in [9.17, 15) is 9.59 Å². The molecule has 0 spiro atoms. The molecule has 0 aromatic carbocycles. The molecule has 0 unspecified atom stereocenters. The van der Waals surface area contributed by atoms with Crippen LogP contribution in [0.15, 0.2) is 10.9 Å². The number of nitrogens with zero attached hydrogens (tertiary/aromatic N) is 3. The van der Waals surface area contributed by atoms with Gasteiger partial charge in [-0.15, -0.1) is 11.3 Å². The van der Waals surface area contributed by atoms with Gasteiger partial charge in [-0.1, -0.05) is 0 Å². The third-order valence-electron chi connectivity index (χ3n) is 4.46. The molecule has 0 amide bonds. The Morgan fingerprint density at radius 2 is 2.19 bits per heavy atom. The number of nitrogens with one attached hydrogen (secondary N) is 1. The molecule has 1 aliphatic rings. The maximum Gasteiger partial charge on any atom is 0.343 e. The Morgan fingerprint density at radius 3 is 3.00 bits per heavy atom. The van der Waals surface area contributed by atoms with E-state index >= 15 is 0 Å².